The Bertz CT molecular complexity index is 465. The molecule has 78 valence electrons. The zero-order valence-electron chi connectivity index (χ0n) is 8.01. The quantitative estimate of drug-likeness (QED) is 0.645. The molecule has 4 nitrogen and oxygen atoms in total. The Morgan fingerprint density at radius 3 is 2.47 bits per heavy atom. The summed E-state index contributed by atoms with van der Waals surface area (Å²) in [5.41, 5.74) is 0.898. The number of nitrogens with zero attached hydrogens (tertiary/aromatic N) is 3. The van der Waals surface area contributed by atoms with E-state index in [1.54, 1.807) is 12.1 Å². The molecule has 0 aliphatic carbocycles. The molecule has 0 fully saturated rings. The lowest BCUT2D eigenvalue weighted by atomic mass is 10.2. The van der Waals surface area contributed by atoms with Crippen molar-refractivity contribution in [1.29, 1.82) is 0 Å². The lowest BCUT2D eigenvalue weighted by Crippen LogP contribution is -2.11. The van der Waals surface area contributed by atoms with Gasteiger partial charge in [-0.1, -0.05) is 23.4 Å². The van der Waals surface area contributed by atoms with Crippen LogP contribution in [0.3, 0.4) is 0 Å². The predicted octanol–water partition coefficient (Wildman–Crippen LogP) is 2.03. The zero-order chi connectivity index (χ0) is 10.8. The van der Waals surface area contributed by atoms with Crippen LogP contribution in [-0.2, 0) is 0 Å². The molecule has 1 aromatic heterocycles. The molecular weight excluding hydrogens is 232 g/mol. The molecule has 0 bridgehead atoms. The van der Waals surface area contributed by atoms with E-state index in [1.807, 2.05) is 18.4 Å². The lowest BCUT2D eigenvalue weighted by Gasteiger charge is -2.01. The van der Waals surface area contributed by atoms with Crippen molar-refractivity contribution in [2.45, 2.75) is 5.16 Å². The molecule has 0 unspecified atom stereocenters. The Balaban J connectivity index is 2.45. The molecule has 2 aromatic rings. The molecule has 2 N–H and O–H groups in total. The summed E-state index contributed by atoms with van der Waals surface area (Å²) < 4.78 is 1.47. The summed E-state index contributed by atoms with van der Waals surface area (Å²) in [6, 6.07) is 7.31. The fourth-order valence-electron chi connectivity index (χ4n) is 1.21. The number of rotatable bonds is 2. The van der Waals surface area contributed by atoms with Gasteiger partial charge in [-0.3, -0.25) is 0 Å². The number of hydrogen-bond donors (Lipinski definition) is 1. The molecule has 0 saturated carbocycles. The number of thioether (sulfide) groups is 1. The van der Waals surface area contributed by atoms with E-state index < -0.39 is 0 Å². The van der Waals surface area contributed by atoms with E-state index in [-0.39, 0.29) is 0 Å². The Morgan fingerprint density at radius 1 is 1.27 bits per heavy atom. The van der Waals surface area contributed by atoms with E-state index in [0.717, 1.165) is 5.56 Å². The van der Waals surface area contributed by atoms with Gasteiger partial charge in [-0.05, 0) is 30.5 Å². The van der Waals surface area contributed by atoms with Crippen molar-refractivity contribution >= 4 is 23.4 Å². The van der Waals surface area contributed by atoms with Crippen LogP contribution in [0.15, 0.2) is 29.4 Å². The Morgan fingerprint density at radius 2 is 1.93 bits per heavy atom. The average molecular weight is 241 g/mol. The molecule has 1 heterocycles. The van der Waals surface area contributed by atoms with Gasteiger partial charge in [-0.15, -0.1) is 10.2 Å². The lowest BCUT2D eigenvalue weighted by molar-refractivity contribution is 0.852. The maximum atomic E-state index is 5.82. The third-order valence-corrected chi connectivity index (χ3v) is 2.85. The maximum Gasteiger partial charge on any atom is 0.209 e. The Kier molecular flexibility index (Phi) is 2.83. The fraction of sp³-hybridized carbons (Fsp3) is 0.111. The van der Waals surface area contributed by atoms with Crippen molar-refractivity contribution in [3.05, 3.63) is 29.3 Å². The summed E-state index contributed by atoms with van der Waals surface area (Å²) >= 11 is 7.25. The molecule has 15 heavy (non-hydrogen) atoms. The zero-order valence-corrected chi connectivity index (χ0v) is 9.59. The van der Waals surface area contributed by atoms with Gasteiger partial charge in [0.15, 0.2) is 5.82 Å². The van der Waals surface area contributed by atoms with Crippen LogP contribution in [0.5, 0.6) is 0 Å². The van der Waals surface area contributed by atoms with Gasteiger partial charge in [0.25, 0.3) is 0 Å². The van der Waals surface area contributed by atoms with Crippen LogP contribution >= 0.6 is 23.4 Å². The highest BCUT2D eigenvalue weighted by Crippen LogP contribution is 2.21. The van der Waals surface area contributed by atoms with E-state index >= 15 is 0 Å². The van der Waals surface area contributed by atoms with E-state index in [1.165, 1.54) is 16.4 Å². The van der Waals surface area contributed by atoms with E-state index in [2.05, 4.69) is 10.2 Å². The molecule has 0 saturated heterocycles. The van der Waals surface area contributed by atoms with Crippen molar-refractivity contribution in [2.24, 2.45) is 0 Å². The minimum absolute atomic E-state index is 0.635. The molecule has 2 rings (SSSR count). The second kappa shape index (κ2) is 4.12. The maximum absolute atomic E-state index is 5.82. The van der Waals surface area contributed by atoms with Crippen LogP contribution in [0, 0.1) is 0 Å². The second-order valence-electron chi connectivity index (χ2n) is 2.89. The molecule has 0 amide bonds. The van der Waals surface area contributed by atoms with E-state index in [0.29, 0.717) is 16.0 Å². The van der Waals surface area contributed by atoms with Gasteiger partial charge >= 0.3 is 0 Å². The SMILES string of the molecule is CSc1nnc(-c2ccc(Cl)cc2)n1N. The molecule has 0 radical (unpaired) electrons. The highest BCUT2D eigenvalue weighted by Gasteiger charge is 2.09. The number of nitrogens with two attached hydrogens (primary N) is 1. The molecule has 0 spiro atoms. The average Bonchev–Trinajstić information content (AvgIpc) is 2.61. The first-order valence-electron chi connectivity index (χ1n) is 4.23. The van der Waals surface area contributed by atoms with Gasteiger partial charge in [-0.2, -0.15) is 0 Å². The number of halogens is 1. The van der Waals surface area contributed by atoms with Gasteiger partial charge in [0, 0.05) is 10.6 Å². The second-order valence-corrected chi connectivity index (χ2v) is 4.10. The summed E-state index contributed by atoms with van der Waals surface area (Å²) in [4.78, 5) is 0. The normalized spacial score (nSPS) is 10.5. The first kappa shape index (κ1) is 10.3. The molecule has 0 atom stereocenters. The molecule has 6 heteroatoms. The monoisotopic (exact) mass is 240 g/mol. The number of hydrogen-bond acceptors (Lipinski definition) is 4. The van der Waals surface area contributed by atoms with Crippen molar-refractivity contribution < 1.29 is 0 Å². The minimum Gasteiger partial charge on any atom is -0.335 e. The molecule has 0 aliphatic rings. The van der Waals surface area contributed by atoms with Gasteiger partial charge in [0.1, 0.15) is 0 Å². The molecule has 0 aliphatic heterocycles. The topological polar surface area (TPSA) is 56.7 Å². The van der Waals surface area contributed by atoms with Crippen LogP contribution in [0.25, 0.3) is 11.4 Å². The van der Waals surface area contributed by atoms with Gasteiger partial charge in [0.2, 0.25) is 5.16 Å². The van der Waals surface area contributed by atoms with Crippen molar-refractivity contribution in [2.75, 3.05) is 12.1 Å². The van der Waals surface area contributed by atoms with Crippen LogP contribution in [0.2, 0.25) is 5.02 Å². The van der Waals surface area contributed by atoms with Gasteiger partial charge < -0.3 is 5.84 Å². The van der Waals surface area contributed by atoms with Crippen molar-refractivity contribution in [3.8, 4) is 11.4 Å². The Labute approximate surface area is 96.4 Å². The molecule has 1 aromatic carbocycles. The van der Waals surface area contributed by atoms with E-state index in [4.69, 9.17) is 17.4 Å². The largest absolute Gasteiger partial charge is 0.335 e. The van der Waals surface area contributed by atoms with Crippen LogP contribution in [0.4, 0.5) is 0 Å². The number of aromatic nitrogens is 3. The number of benzene rings is 1. The predicted molar refractivity (Wildman–Crippen MR) is 62.4 cm³/mol. The summed E-state index contributed by atoms with van der Waals surface area (Å²) in [5, 5.41) is 9.33. The first-order chi connectivity index (χ1) is 7.22. The van der Waals surface area contributed by atoms with Crippen LogP contribution < -0.4 is 5.84 Å². The van der Waals surface area contributed by atoms with Gasteiger partial charge in [-0.25, -0.2) is 4.68 Å². The molecular formula is C9H9ClN4S. The van der Waals surface area contributed by atoms with Crippen LogP contribution in [-0.4, -0.2) is 21.1 Å². The summed E-state index contributed by atoms with van der Waals surface area (Å²) in [6.07, 6.45) is 1.90. The third-order valence-electron chi connectivity index (χ3n) is 1.95. The van der Waals surface area contributed by atoms with E-state index in [9.17, 15) is 0 Å². The highest BCUT2D eigenvalue weighted by molar-refractivity contribution is 7.98. The van der Waals surface area contributed by atoms with Crippen LogP contribution in [0.1, 0.15) is 0 Å². The first-order valence-corrected chi connectivity index (χ1v) is 5.83. The summed E-state index contributed by atoms with van der Waals surface area (Å²) in [6.45, 7) is 0. The standard InChI is InChI=1S/C9H9ClN4S/c1-15-9-13-12-8(14(9)11)6-2-4-7(10)5-3-6/h2-5H,11H2,1H3. The highest BCUT2D eigenvalue weighted by atomic mass is 35.5. The fourth-order valence-corrected chi connectivity index (χ4v) is 1.74. The minimum atomic E-state index is 0.635. The Hall–Kier alpha value is -1.20. The number of nitrogen functional groups attached to an aromatic ring is 1. The summed E-state index contributed by atoms with van der Waals surface area (Å²) in [7, 11) is 0. The van der Waals surface area contributed by atoms with Crippen molar-refractivity contribution in [1.82, 2.24) is 14.9 Å². The smallest absolute Gasteiger partial charge is 0.209 e. The van der Waals surface area contributed by atoms with Crippen molar-refractivity contribution in [3.63, 3.8) is 0 Å². The summed E-state index contributed by atoms with van der Waals surface area (Å²) in [5.74, 6) is 6.46. The van der Waals surface area contributed by atoms with Gasteiger partial charge in [0.05, 0.1) is 0 Å². The third kappa shape index (κ3) is 1.93.